The van der Waals surface area contributed by atoms with Crippen LogP contribution in [0.25, 0.3) is 16.6 Å². The Labute approximate surface area is 245 Å². The average Bonchev–Trinajstić information content (AvgIpc) is 3.55. The van der Waals surface area contributed by atoms with Crippen LogP contribution in [0.4, 0.5) is 19.5 Å². The Bertz CT molecular complexity index is 1700. The number of aromatic nitrogens is 4. The third-order valence-corrected chi connectivity index (χ3v) is 7.20. The summed E-state index contributed by atoms with van der Waals surface area (Å²) in [7, 11) is 3.12. The largest absolute Gasteiger partial charge is 0.586 e. The van der Waals surface area contributed by atoms with Crippen LogP contribution < -0.4 is 24.3 Å². The quantitative estimate of drug-likeness (QED) is 0.311. The van der Waals surface area contributed by atoms with Gasteiger partial charge in [0.25, 0.3) is 0 Å². The van der Waals surface area contributed by atoms with Crippen LogP contribution in [-0.2, 0) is 11.3 Å². The van der Waals surface area contributed by atoms with E-state index in [0.717, 1.165) is 18.4 Å². The van der Waals surface area contributed by atoms with Gasteiger partial charge in [-0.05, 0) is 57.9 Å². The number of rotatable bonds is 6. The Morgan fingerprint density at radius 2 is 1.95 bits per heavy atom. The number of fused-ring (bicyclic) bond motifs is 5. The van der Waals surface area contributed by atoms with Gasteiger partial charge in [0.2, 0.25) is 5.95 Å². The highest BCUT2D eigenvalue weighted by Crippen LogP contribution is 2.46. The van der Waals surface area contributed by atoms with Crippen LogP contribution in [0.2, 0.25) is 0 Å². The summed E-state index contributed by atoms with van der Waals surface area (Å²) >= 11 is 0. The van der Waals surface area contributed by atoms with E-state index in [1.165, 1.54) is 6.07 Å². The summed E-state index contributed by atoms with van der Waals surface area (Å²) in [5, 5.41) is 8.49. The lowest BCUT2D eigenvalue weighted by Gasteiger charge is -2.33. The summed E-state index contributed by atoms with van der Waals surface area (Å²) in [5.74, 6) is 1.47. The van der Waals surface area contributed by atoms with Crippen LogP contribution in [0.5, 0.6) is 23.0 Å². The zero-order chi connectivity index (χ0) is 30.5. The van der Waals surface area contributed by atoms with Gasteiger partial charge in [0.15, 0.2) is 23.0 Å². The van der Waals surface area contributed by atoms with Crippen LogP contribution in [0, 0.1) is 0 Å². The van der Waals surface area contributed by atoms with E-state index in [0.29, 0.717) is 41.4 Å². The molecule has 0 spiro atoms. The van der Waals surface area contributed by atoms with Gasteiger partial charge < -0.3 is 33.9 Å². The van der Waals surface area contributed by atoms with Crippen LogP contribution in [0.3, 0.4) is 0 Å². The van der Waals surface area contributed by atoms with Crippen molar-refractivity contribution in [3.8, 4) is 23.0 Å². The van der Waals surface area contributed by atoms with Gasteiger partial charge in [-0.3, -0.25) is 0 Å². The molecular weight excluding hydrogens is 566 g/mol. The number of nitrogens with one attached hydrogen (secondary N) is 1. The van der Waals surface area contributed by atoms with E-state index < -0.39 is 18.0 Å². The Morgan fingerprint density at radius 3 is 2.70 bits per heavy atom. The van der Waals surface area contributed by atoms with Crippen molar-refractivity contribution in [2.75, 3.05) is 32.6 Å². The summed E-state index contributed by atoms with van der Waals surface area (Å²) in [4.78, 5) is 23.9. The smallest absolute Gasteiger partial charge is 0.497 e. The lowest BCUT2D eigenvalue weighted by atomic mass is 9.98. The van der Waals surface area contributed by atoms with Crippen LogP contribution >= 0.6 is 0 Å². The molecule has 6 rings (SSSR count). The first-order chi connectivity index (χ1) is 20.4. The first-order valence-corrected chi connectivity index (χ1v) is 13.9. The number of likely N-dealkylation sites (tertiary alicyclic amines) is 1. The van der Waals surface area contributed by atoms with Gasteiger partial charge in [0.1, 0.15) is 22.6 Å². The third-order valence-electron chi connectivity index (χ3n) is 7.20. The molecule has 2 aliphatic heterocycles. The molecule has 4 heterocycles. The first kappa shape index (κ1) is 28.5. The van der Waals surface area contributed by atoms with Crippen molar-refractivity contribution in [3.05, 3.63) is 41.7 Å². The molecule has 14 heteroatoms. The van der Waals surface area contributed by atoms with Gasteiger partial charge in [-0.15, -0.1) is 13.9 Å². The number of hydrogen-bond acceptors (Lipinski definition) is 10. The Kier molecular flexibility index (Phi) is 7.01. The molecule has 43 heavy (non-hydrogen) atoms. The standard InChI is InChI=1S/C29H32F2N6O6/c1-28(2,3)43-27(38)36-12-6-7-17(15-36)24-34-25-19-10-11-20-23(42-29(30,31)41-20)22(19)33-26(37(25)35-24)32-14-16-8-9-18(39-4)13-21(16)40-5/h8-11,13,17H,6-7,12,14-15H2,1-5H3,(H,32,33). The monoisotopic (exact) mass is 598 g/mol. The summed E-state index contributed by atoms with van der Waals surface area (Å²) in [6, 6.07) is 8.40. The number of carbonyl (C=O) groups excluding carboxylic acids is 1. The minimum Gasteiger partial charge on any atom is -0.497 e. The molecule has 12 nitrogen and oxygen atoms in total. The Morgan fingerprint density at radius 1 is 1.14 bits per heavy atom. The first-order valence-electron chi connectivity index (χ1n) is 13.9. The summed E-state index contributed by atoms with van der Waals surface area (Å²) in [5.41, 5.74) is 0.708. The van der Waals surface area contributed by atoms with E-state index in [4.69, 9.17) is 29.0 Å². The summed E-state index contributed by atoms with van der Waals surface area (Å²) in [6.45, 7) is 6.68. The molecule has 2 aromatic heterocycles. The Balaban J connectivity index is 1.40. The van der Waals surface area contributed by atoms with Crippen LogP contribution in [-0.4, -0.2) is 69.8 Å². The highest BCUT2D eigenvalue weighted by Gasteiger charge is 2.45. The minimum atomic E-state index is -3.82. The number of piperidine rings is 1. The van der Waals surface area contributed by atoms with E-state index in [1.807, 2.05) is 26.8 Å². The van der Waals surface area contributed by atoms with Crippen molar-refractivity contribution >= 4 is 28.6 Å². The molecule has 0 saturated carbocycles. The molecule has 1 saturated heterocycles. The Hall–Kier alpha value is -4.62. The number of alkyl halides is 2. The molecule has 1 fully saturated rings. The zero-order valence-corrected chi connectivity index (χ0v) is 24.4. The van der Waals surface area contributed by atoms with E-state index in [9.17, 15) is 13.6 Å². The second kappa shape index (κ2) is 10.6. The maximum absolute atomic E-state index is 14.1. The molecule has 228 valence electrons. The van der Waals surface area contributed by atoms with Gasteiger partial charge >= 0.3 is 12.4 Å². The number of amides is 1. The molecule has 0 bridgehead atoms. The van der Waals surface area contributed by atoms with Gasteiger partial charge in [-0.25, -0.2) is 14.8 Å². The van der Waals surface area contributed by atoms with E-state index in [2.05, 4.69) is 15.0 Å². The van der Waals surface area contributed by atoms with Crippen molar-refractivity contribution in [3.63, 3.8) is 0 Å². The predicted octanol–water partition coefficient (Wildman–Crippen LogP) is 5.34. The van der Waals surface area contributed by atoms with Crippen molar-refractivity contribution < 1.29 is 37.3 Å². The summed E-state index contributed by atoms with van der Waals surface area (Å²) in [6.07, 6.45) is -2.71. The number of ether oxygens (including phenoxy) is 5. The molecular formula is C29H32F2N6O6. The number of benzene rings is 2. The van der Waals surface area contributed by atoms with Crippen molar-refractivity contribution in [1.82, 2.24) is 24.5 Å². The molecule has 1 amide bonds. The van der Waals surface area contributed by atoms with Gasteiger partial charge in [0, 0.05) is 42.6 Å². The van der Waals surface area contributed by atoms with Crippen molar-refractivity contribution in [1.29, 1.82) is 0 Å². The number of methoxy groups -OCH3 is 2. The topological polar surface area (TPSA) is 122 Å². The second-order valence-corrected chi connectivity index (χ2v) is 11.4. The lowest BCUT2D eigenvalue weighted by molar-refractivity contribution is -0.286. The molecule has 0 aliphatic carbocycles. The van der Waals surface area contributed by atoms with Crippen LogP contribution in [0.15, 0.2) is 30.3 Å². The zero-order valence-electron chi connectivity index (χ0n) is 24.4. The van der Waals surface area contributed by atoms with Crippen molar-refractivity contribution in [2.24, 2.45) is 0 Å². The molecule has 2 aromatic carbocycles. The molecule has 2 aliphatic rings. The van der Waals surface area contributed by atoms with E-state index >= 15 is 0 Å². The second-order valence-electron chi connectivity index (χ2n) is 11.4. The highest BCUT2D eigenvalue weighted by atomic mass is 19.3. The average molecular weight is 599 g/mol. The fraction of sp³-hybridized carbons (Fsp3) is 0.448. The molecule has 1 atom stereocenters. The third kappa shape index (κ3) is 5.60. The van der Waals surface area contributed by atoms with Gasteiger partial charge in [-0.1, -0.05) is 0 Å². The molecule has 1 N–H and O–H groups in total. The normalized spacial score (nSPS) is 17.7. The fourth-order valence-corrected chi connectivity index (χ4v) is 5.23. The fourth-order valence-electron chi connectivity index (χ4n) is 5.23. The minimum absolute atomic E-state index is 0.128. The molecule has 1 unspecified atom stereocenters. The predicted molar refractivity (Wildman–Crippen MR) is 151 cm³/mol. The van der Waals surface area contributed by atoms with E-state index in [1.54, 1.807) is 41.8 Å². The van der Waals surface area contributed by atoms with Gasteiger partial charge in [-0.2, -0.15) is 4.52 Å². The number of hydrogen-bond donors (Lipinski definition) is 1. The number of carbonyl (C=O) groups is 1. The highest BCUT2D eigenvalue weighted by molar-refractivity contribution is 5.97. The number of anilines is 1. The SMILES string of the molecule is COc1ccc(CNc2nc3c4c(ccc3c3nc(C5CCCN(C(=O)OC(C)(C)C)C5)nn23)OC(F)(F)O4)c(OC)c1. The number of halogens is 2. The van der Waals surface area contributed by atoms with E-state index in [-0.39, 0.29) is 35.4 Å². The maximum Gasteiger partial charge on any atom is 0.586 e. The summed E-state index contributed by atoms with van der Waals surface area (Å²) < 4.78 is 55.6. The number of nitrogens with zero attached hydrogens (tertiary/aromatic N) is 5. The van der Waals surface area contributed by atoms with Crippen LogP contribution in [0.1, 0.15) is 50.9 Å². The molecule has 4 aromatic rings. The van der Waals surface area contributed by atoms with Crippen molar-refractivity contribution in [2.45, 2.75) is 58.0 Å². The van der Waals surface area contributed by atoms with Gasteiger partial charge in [0.05, 0.1) is 14.2 Å². The lowest BCUT2D eigenvalue weighted by Crippen LogP contribution is -2.42. The maximum atomic E-state index is 14.1. The molecule has 0 radical (unpaired) electrons.